The van der Waals surface area contributed by atoms with Crippen molar-refractivity contribution in [2.45, 2.75) is 19.5 Å². The summed E-state index contributed by atoms with van der Waals surface area (Å²) in [5, 5.41) is 2.09. The predicted octanol–water partition coefficient (Wildman–Crippen LogP) is 0.594. The molecule has 2 heterocycles. The Morgan fingerprint density at radius 3 is 3.00 bits per heavy atom. The molecule has 0 unspecified atom stereocenters. The average Bonchev–Trinajstić information content (AvgIpc) is 2.33. The smallest absolute Gasteiger partial charge is 0.0711 e. The highest BCUT2D eigenvalue weighted by atomic mass is 32.1. The van der Waals surface area contributed by atoms with Crippen LogP contribution in [0.25, 0.3) is 0 Å². The highest BCUT2D eigenvalue weighted by Crippen LogP contribution is 2.15. The second-order valence-electron chi connectivity index (χ2n) is 3.40. The van der Waals surface area contributed by atoms with Crippen LogP contribution in [0.15, 0.2) is 5.38 Å². The first-order chi connectivity index (χ1) is 5.75. The number of nitrogens with zero attached hydrogens (tertiary/aromatic N) is 2. The van der Waals surface area contributed by atoms with Gasteiger partial charge >= 0.3 is 0 Å². The summed E-state index contributed by atoms with van der Waals surface area (Å²) in [4.78, 5) is 2.33. The van der Waals surface area contributed by atoms with Crippen LogP contribution < -0.4 is 5.73 Å². The number of hydrogen-bond donors (Lipinski definition) is 1. The highest BCUT2D eigenvalue weighted by Gasteiger charge is 2.23. The molecule has 0 aliphatic carbocycles. The molecule has 1 aromatic heterocycles. The van der Waals surface area contributed by atoms with Gasteiger partial charge < -0.3 is 5.73 Å². The molecule has 12 heavy (non-hydrogen) atoms. The van der Waals surface area contributed by atoms with Crippen molar-refractivity contribution in [3.05, 3.63) is 16.6 Å². The lowest BCUT2D eigenvalue weighted by molar-refractivity contribution is 0.141. The Kier molecular flexibility index (Phi) is 2.12. The van der Waals surface area contributed by atoms with Gasteiger partial charge in [0.1, 0.15) is 0 Å². The van der Waals surface area contributed by atoms with Crippen LogP contribution in [-0.4, -0.2) is 28.4 Å². The topological polar surface area (TPSA) is 42.2 Å². The van der Waals surface area contributed by atoms with Crippen LogP contribution in [0.3, 0.4) is 0 Å². The van der Waals surface area contributed by atoms with Gasteiger partial charge in [0.25, 0.3) is 0 Å². The first kappa shape index (κ1) is 8.16. The molecule has 1 aromatic rings. The molecule has 4 heteroatoms. The Hall–Kier alpha value is -0.450. The maximum Gasteiger partial charge on any atom is 0.0711 e. The fourth-order valence-electron chi connectivity index (χ4n) is 1.41. The lowest BCUT2D eigenvalue weighted by Gasteiger charge is -2.36. The number of aromatic nitrogens is 1. The summed E-state index contributed by atoms with van der Waals surface area (Å²) >= 11 is 1.54. The average molecular weight is 183 g/mol. The van der Waals surface area contributed by atoms with E-state index < -0.39 is 0 Å². The van der Waals surface area contributed by atoms with Crippen LogP contribution in [0.1, 0.15) is 11.3 Å². The minimum Gasteiger partial charge on any atom is -0.325 e. The van der Waals surface area contributed by atoms with E-state index in [4.69, 9.17) is 5.73 Å². The van der Waals surface area contributed by atoms with Crippen LogP contribution in [0.2, 0.25) is 0 Å². The van der Waals surface area contributed by atoms with E-state index in [9.17, 15) is 0 Å². The molecule has 1 fully saturated rings. The monoisotopic (exact) mass is 183 g/mol. The molecule has 1 aliphatic heterocycles. The van der Waals surface area contributed by atoms with Gasteiger partial charge in [-0.25, -0.2) is 0 Å². The van der Waals surface area contributed by atoms with Gasteiger partial charge in [-0.15, -0.1) is 0 Å². The minimum absolute atomic E-state index is 0.393. The zero-order valence-electron chi connectivity index (χ0n) is 7.16. The molecule has 0 atom stereocenters. The number of nitrogens with two attached hydrogens (primary N) is 1. The van der Waals surface area contributed by atoms with E-state index in [-0.39, 0.29) is 0 Å². The summed E-state index contributed by atoms with van der Waals surface area (Å²) in [6, 6.07) is 0.393. The summed E-state index contributed by atoms with van der Waals surface area (Å²) in [5.41, 5.74) is 8.20. The molecule has 0 saturated carbocycles. The zero-order chi connectivity index (χ0) is 8.55. The molecule has 0 radical (unpaired) electrons. The van der Waals surface area contributed by atoms with Gasteiger partial charge in [0.05, 0.1) is 5.69 Å². The van der Waals surface area contributed by atoms with Crippen molar-refractivity contribution < 1.29 is 0 Å². The Morgan fingerprint density at radius 1 is 1.75 bits per heavy atom. The molecule has 0 bridgehead atoms. The third kappa shape index (κ3) is 1.50. The molecule has 0 spiro atoms. The van der Waals surface area contributed by atoms with Crippen LogP contribution in [0.4, 0.5) is 0 Å². The Balaban J connectivity index is 1.92. The molecule has 1 saturated heterocycles. The van der Waals surface area contributed by atoms with Crippen molar-refractivity contribution in [3.63, 3.8) is 0 Å². The summed E-state index contributed by atoms with van der Waals surface area (Å²) in [6.45, 7) is 5.13. The summed E-state index contributed by atoms with van der Waals surface area (Å²) in [5.74, 6) is 0. The lowest BCUT2D eigenvalue weighted by Crippen LogP contribution is -2.54. The predicted molar refractivity (Wildman–Crippen MR) is 50.1 cm³/mol. The Labute approximate surface area is 76.4 Å². The second kappa shape index (κ2) is 3.12. The van der Waals surface area contributed by atoms with E-state index in [1.165, 1.54) is 22.8 Å². The van der Waals surface area contributed by atoms with Crippen molar-refractivity contribution in [1.82, 2.24) is 9.27 Å². The largest absolute Gasteiger partial charge is 0.325 e. The van der Waals surface area contributed by atoms with Crippen LogP contribution >= 0.6 is 11.5 Å². The van der Waals surface area contributed by atoms with Crippen LogP contribution in [0, 0.1) is 6.92 Å². The first-order valence-corrected chi connectivity index (χ1v) is 4.97. The van der Waals surface area contributed by atoms with E-state index in [2.05, 4.69) is 21.6 Å². The summed E-state index contributed by atoms with van der Waals surface area (Å²) in [6.07, 6.45) is 0. The van der Waals surface area contributed by atoms with Gasteiger partial charge in [0, 0.05) is 31.1 Å². The number of likely N-dealkylation sites (tertiary alicyclic amines) is 1. The molecule has 0 amide bonds. The maximum absolute atomic E-state index is 5.68. The molecule has 1 aliphatic rings. The molecule has 0 aromatic carbocycles. The SMILES string of the molecule is Cc1csnc1CN1CC(N)C1. The lowest BCUT2D eigenvalue weighted by atomic mass is 10.1. The molecular weight excluding hydrogens is 170 g/mol. The van der Waals surface area contributed by atoms with E-state index in [0.717, 1.165) is 19.6 Å². The zero-order valence-corrected chi connectivity index (χ0v) is 7.97. The normalized spacial score (nSPS) is 19.5. The van der Waals surface area contributed by atoms with Crippen LogP contribution in [-0.2, 0) is 6.54 Å². The van der Waals surface area contributed by atoms with Gasteiger partial charge in [-0.1, -0.05) is 0 Å². The molecule has 2 N–H and O–H groups in total. The highest BCUT2D eigenvalue weighted by molar-refractivity contribution is 7.03. The molecule has 3 nitrogen and oxygen atoms in total. The van der Waals surface area contributed by atoms with Gasteiger partial charge in [0.15, 0.2) is 0 Å². The molecule has 66 valence electrons. The first-order valence-electron chi connectivity index (χ1n) is 4.13. The summed E-state index contributed by atoms with van der Waals surface area (Å²) in [7, 11) is 0. The van der Waals surface area contributed by atoms with E-state index in [1.54, 1.807) is 0 Å². The van der Waals surface area contributed by atoms with Gasteiger partial charge in [-0.2, -0.15) is 4.37 Å². The molecule has 2 rings (SSSR count). The second-order valence-corrected chi connectivity index (χ2v) is 4.03. The summed E-state index contributed by atoms with van der Waals surface area (Å²) < 4.78 is 4.32. The fraction of sp³-hybridized carbons (Fsp3) is 0.625. The van der Waals surface area contributed by atoms with Crippen molar-refractivity contribution >= 4 is 11.5 Å². The quantitative estimate of drug-likeness (QED) is 0.730. The Bertz CT molecular complexity index is 265. The maximum atomic E-state index is 5.68. The van der Waals surface area contributed by atoms with Gasteiger partial charge in [0.2, 0.25) is 0 Å². The van der Waals surface area contributed by atoms with Crippen molar-refractivity contribution in [3.8, 4) is 0 Å². The number of rotatable bonds is 2. The van der Waals surface area contributed by atoms with Gasteiger partial charge in [-0.05, 0) is 24.0 Å². The van der Waals surface area contributed by atoms with Crippen molar-refractivity contribution in [1.29, 1.82) is 0 Å². The number of aryl methyl sites for hydroxylation is 1. The van der Waals surface area contributed by atoms with Crippen molar-refractivity contribution in [2.75, 3.05) is 13.1 Å². The van der Waals surface area contributed by atoms with Gasteiger partial charge in [-0.3, -0.25) is 4.90 Å². The third-order valence-electron chi connectivity index (χ3n) is 2.21. The van der Waals surface area contributed by atoms with Crippen LogP contribution in [0.5, 0.6) is 0 Å². The Morgan fingerprint density at radius 2 is 2.50 bits per heavy atom. The van der Waals surface area contributed by atoms with Crippen molar-refractivity contribution in [2.24, 2.45) is 5.73 Å². The number of hydrogen-bond acceptors (Lipinski definition) is 4. The van der Waals surface area contributed by atoms with E-state index in [0.29, 0.717) is 6.04 Å². The van der Waals surface area contributed by atoms with E-state index >= 15 is 0 Å². The van der Waals surface area contributed by atoms with E-state index in [1.807, 2.05) is 0 Å². The minimum atomic E-state index is 0.393. The third-order valence-corrected chi connectivity index (χ3v) is 2.99. The fourth-order valence-corrected chi connectivity index (χ4v) is 2.09. The molecular formula is C8H13N3S. The standard InChI is InChI=1S/C8H13N3S/c1-6-5-12-10-8(6)4-11-2-7(9)3-11/h5,7H,2-4,9H2,1H3.